The van der Waals surface area contributed by atoms with Gasteiger partial charge in [0.05, 0.1) is 17.8 Å². The van der Waals surface area contributed by atoms with E-state index in [2.05, 4.69) is 4.98 Å². The molecule has 3 aromatic rings. The zero-order valence-electron chi connectivity index (χ0n) is 14.4. The van der Waals surface area contributed by atoms with Crippen LogP contribution in [-0.4, -0.2) is 39.4 Å². The van der Waals surface area contributed by atoms with Crippen molar-refractivity contribution in [2.45, 2.75) is 20.3 Å². The van der Waals surface area contributed by atoms with E-state index in [0.717, 1.165) is 28.1 Å². The molecule has 1 amide bonds. The lowest BCUT2D eigenvalue weighted by Gasteiger charge is -2.11. The Hall–Kier alpha value is -2.82. The van der Waals surface area contributed by atoms with Crippen LogP contribution in [0.5, 0.6) is 5.75 Å². The number of aromatic nitrogens is 2. The molecule has 0 fully saturated rings. The minimum absolute atomic E-state index is 0.00819. The number of carbonyl (C=O) groups is 1. The first-order valence-electron chi connectivity index (χ1n) is 7.84. The largest absolute Gasteiger partial charge is 0.504 e. The van der Waals surface area contributed by atoms with E-state index in [1.54, 1.807) is 25.1 Å². The zero-order valence-corrected chi connectivity index (χ0v) is 14.4. The molecule has 124 valence electrons. The monoisotopic (exact) mass is 323 g/mol. The van der Waals surface area contributed by atoms with Gasteiger partial charge in [0.2, 0.25) is 5.91 Å². The molecule has 0 radical (unpaired) electrons. The molecule has 1 aromatic carbocycles. The molecule has 0 spiro atoms. The standard InChI is InChI=1S/C19H21N3O2/c1-12-5-7-14(8-6-12)18-15(10-17(24)21(3)4)22-11-13(2)9-16(23)19(22)20-18/h5-9,11,23H,10H2,1-4H3. The maximum absolute atomic E-state index is 12.3. The predicted octanol–water partition coefficient (Wildman–Crippen LogP) is 2.95. The van der Waals surface area contributed by atoms with Crippen molar-refractivity contribution in [1.29, 1.82) is 0 Å². The van der Waals surface area contributed by atoms with E-state index in [4.69, 9.17) is 0 Å². The Labute approximate surface area is 141 Å². The fraction of sp³-hybridized carbons (Fsp3) is 0.263. The Bertz CT molecular complexity index is 909. The van der Waals surface area contributed by atoms with Crippen LogP contribution in [0.1, 0.15) is 16.8 Å². The molecular weight excluding hydrogens is 302 g/mol. The molecule has 24 heavy (non-hydrogen) atoms. The van der Waals surface area contributed by atoms with Crippen molar-refractivity contribution in [3.8, 4) is 17.0 Å². The molecule has 1 N–H and O–H groups in total. The number of likely N-dealkylation sites (N-methyl/N-ethyl adjacent to an activating group) is 1. The molecule has 0 unspecified atom stereocenters. The molecule has 5 heteroatoms. The van der Waals surface area contributed by atoms with Crippen LogP contribution >= 0.6 is 0 Å². The highest BCUT2D eigenvalue weighted by Gasteiger charge is 2.19. The Kier molecular flexibility index (Phi) is 4.01. The molecule has 2 aromatic heterocycles. The van der Waals surface area contributed by atoms with Crippen LogP contribution in [0.3, 0.4) is 0 Å². The summed E-state index contributed by atoms with van der Waals surface area (Å²) in [7, 11) is 3.47. The van der Waals surface area contributed by atoms with Crippen LogP contribution in [0.15, 0.2) is 36.5 Å². The molecule has 0 aliphatic carbocycles. The number of amides is 1. The third-order valence-corrected chi connectivity index (χ3v) is 4.08. The van der Waals surface area contributed by atoms with Crippen molar-refractivity contribution in [1.82, 2.24) is 14.3 Å². The summed E-state index contributed by atoms with van der Waals surface area (Å²) >= 11 is 0. The van der Waals surface area contributed by atoms with Crippen molar-refractivity contribution in [3.63, 3.8) is 0 Å². The smallest absolute Gasteiger partial charge is 0.228 e. The number of nitrogens with zero attached hydrogens (tertiary/aromatic N) is 3. The highest BCUT2D eigenvalue weighted by atomic mass is 16.3. The molecule has 3 rings (SSSR count). The fourth-order valence-corrected chi connectivity index (χ4v) is 2.72. The lowest BCUT2D eigenvalue weighted by molar-refractivity contribution is -0.128. The van der Waals surface area contributed by atoms with E-state index in [1.165, 1.54) is 0 Å². The highest BCUT2D eigenvalue weighted by Crippen LogP contribution is 2.29. The summed E-state index contributed by atoms with van der Waals surface area (Å²) in [5.74, 6) is 0.109. The fourth-order valence-electron chi connectivity index (χ4n) is 2.72. The summed E-state index contributed by atoms with van der Waals surface area (Å²) in [5.41, 5.74) is 4.98. The number of carbonyl (C=O) groups excluding carboxylic acids is 1. The second-order valence-corrected chi connectivity index (χ2v) is 6.33. The summed E-state index contributed by atoms with van der Waals surface area (Å²) in [6, 6.07) is 9.69. The maximum atomic E-state index is 12.3. The normalized spacial score (nSPS) is 11.0. The molecule has 0 saturated carbocycles. The molecule has 2 heterocycles. The number of pyridine rings is 1. The Morgan fingerprint density at radius 1 is 1.17 bits per heavy atom. The molecule has 0 atom stereocenters. The second-order valence-electron chi connectivity index (χ2n) is 6.33. The van der Waals surface area contributed by atoms with Crippen molar-refractivity contribution >= 4 is 11.6 Å². The number of aromatic hydroxyl groups is 1. The van der Waals surface area contributed by atoms with Crippen LogP contribution in [0.2, 0.25) is 0 Å². The number of hydrogen-bond donors (Lipinski definition) is 1. The molecule has 0 aliphatic heterocycles. The quantitative estimate of drug-likeness (QED) is 0.806. The summed E-state index contributed by atoms with van der Waals surface area (Å²) in [6.07, 6.45) is 2.12. The van der Waals surface area contributed by atoms with Gasteiger partial charge >= 0.3 is 0 Å². The van der Waals surface area contributed by atoms with Crippen molar-refractivity contribution in [2.75, 3.05) is 14.1 Å². The van der Waals surface area contributed by atoms with Gasteiger partial charge in [-0.1, -0.05) is 29.8 Å². The van der Waals surface area contributed by atoms with Gasteiger partial charge in [-0.3, -0.25) is 9.20 Å². The van der Waals surface area contributed by atoms with E-state index in [0.29, 0.717) is 5.65 Å². The number of benzene rings is 1. The summed E-state index contributed by atoms with van der Waals surface area (Å²) in [5, 5.41) is 10.2. The molecule has 0 saturated heterocycles. The van der Waals surface area contributed by atoms with E-state index >= 15 is 0 Å². The SMILES string of the molecule is Cc1ccc(-c2nc3c(O)cc(C)cn3c2CC(=O)N(C)C)cc1. The van der Waals surface area contributed by atoms with Gasteiger partial charge in [-0.2, -0.15) is 0 Å². The minimum atomic E-state index is -0.00819. The van der Waals surface area contributed by atoms with Gasteiger partial charge in [-0.25, -0.2) is 4.98 Å². The average molecular weight is 323 g/mol. The Morgan fingerprint density at radius 3 is 2.46 bits per heavy atom. The molecule has 0 bridgehead atoms. The van der Waals surface area contributed by atoms with Crippen molar-refractivity contribution in [2.24, 2.45) is 0 Å². The van der Waals surface area contributed by atoms with Crippen LogP contribution in [0.25, 0.3) is 16.9 Å². The lowest BCUT2D eigenvalue weighted by atomic mass is 10.1. The van der Waals surface area contributed by atoms with E-state index in [9.17, 15) is 9.90 Å². The van der Waals surface area contributed by atoms with Gasteiger partial charge in [0.25, 0.3) is 0 Å². The van der Waals surface area contributed by atoms with Crippen LogP contribution in [0, 0.1) is 13.8 Å². The lowest BCUT2D eigenvalue weighted by Crippen LogP contribution is -2.24. The zero-order chi connectivity index (χ0) is 17.4. The Morgan fingerprint density at radius 2 is 1.83 bits per heavy atom. The first-order valence-corrected chi connectivity index (χ1v) is 7.84. The van der Waals surface area contributed by atoms with E-state index in [-0.39, 0.29) is 18.1 Å². The first-order chi connectivity index (χ1) is 11.4. The third kappa shape index (κ3) is 2.85. The second kappa shape index (κ2) is 6.00. The summed E-state index contributed by atoms with van der Waals surface area (Å²) < 4.78 is 1.82. The van der Waals surface area contributed by atoms with Gasteiger partial charge < -0.3 is 10.0 Å². The molecular formula is C19H21N3O2. The average Bonchev–Trinajstić information content (AvgIpc) is 2.87. The number of aryl methyl sites for hydroxylation is 2. The number of imidazole rings is 1. The topological polar surface area (TPSA) is 57.8 Å². The minimum Gasteiger partial charge on any atom is -0.504 e. The summed E-state index contributed by atoms with van der Waals surface area (Å²) in [6.45, 7) is 3.93. The number of hydrogen-bond acceptors (Lipinski definition) is 3. The number of fused-ring (bicyclic) bond motifs is 1. The van der Waals surface area contributed by atoms with Crippen molar-refractivity contribution < 1.29 is 9.90 Å². The van der Waals surface area contributed by atoms with Crippen LogP contribution in [0.4, 0.5) is 0 Å². The third-order valence-electron chi connectivity index (χ3n) is 4.08. The van der Waals surface area contributed by atoms with Crippen LogP contribution in [-0.2, 0) is 11.2 Å². The predicted molar refractivity (Wildman–Crippen MR) is 94.2 cm³/mol. The van der Waals surface area contributed by atoms with Gasteiger partial charge in [0.15, 0.2) is 11.4 Å². The molecule has 0 aliphatic rings. The molecule has 5 nitrogen and oxygen atoms in total. The first kappa shape index (κ1) is 16.1. The van der Waals surface area contributed by atoms with Gasteiger partial charge in [-0.05, 0) is 25.5 Å². The number of rotatable bonds is 3. The maximum Gasteiger partial charge on any atom is 0.228 e. The Balaban J connectivity index is 2.25. The van der Waals surface area contributed by atoms with Crippen LogP contribution < -0.4 is 0 Å². The van der Waals surface area contributed by atoms with E-state index in [1.807, 2.05) is 48.7 Å². The van der Waals surface area contributed by atoms with Gasteiger partial charge in [0, 0.05) is 25.9 Å². The van der Waals surface area contributed by atoms with E-state index < -0.39 is 0 Å². The summed E-state index contributed by atoms with van der Waals surface area (Å²) in [4.78, 5) is 18.5. The van der Waals surface area contributed by atoms with Crippen molar-refractivity contribution in [3.05, 3.63) is 53.3 Å². The van der Waals surface area contributed by atoms with Gasteiger partial charge in [0.1, 0.15) is 0 Å². The highest BCUT2D eigenvalue weighted by molar-refractivity contribution is 5.81. The van der Waals surface area contributed by atoms with Gasteiger partial charge in [-0.15, -0.1) is 0 Å².